The first kappa shape index (κ1) is 24.0. The van der Waals surface area contributed by atoms with Gasteiger partial charge in [0.25, 0.3) is 5.56 Å². The van der Waals surface area contributed by atoms with Crippen molar-refractivity contribution in [2.75, 3.05) is 32.8 Å². The third kappa shape index (κ3) is 5.33. The van der Waals surface area contributed by atoms with Gasteiger partial charge in [0.1, 0.15) is 13.2 Å². The average Bonchev–Trinajstić information content (AvgIpc) is 2.87. The summed E-state index contributed by atoms with van der Waals surface area (Å²) in [5.41, 5.74) is 2.32. The lowest BCUT2D eigenvalue weighted by Gasteiger charge is -2.32. The molecule has 9 heteroatoms. The third-order valence-electron chi connectivity index (χ3n) is 6.41. The Kier molecular flexibility index (Phi) is 7.68. The van der Waals surface area contributed by atoms with E-state index >= 15 is 0 Å². The molecule has 0 saturated carbocycles. The molecule has 1 fully saturated rings. The predicted molar refractivity (Wildman–Crippen MR) is 132 cm³/mol. The van der Waals surface area contributed by atoms with E-state index in [1.807, 2.05) is 18.2 Å². The van der Waals surface area contributed by atoms with Crippen LogP contribution in [0, 0.1) is 11.3 Å². The van der Waals surface area contributed by atoms with Crippen LogP contribution in [0.2, 0.25) is 0 Å². The van der Waals surface area contributed by atoms with Gasteiger partial charge in [-0.25, -0.2) is 0 Å². The standard InChI is InChI=1S/C25H27N5O3.ClH/c26-15-18-1-2-19-3-4-25(31)30(22(19)13-18)10-9-29-7-5-20(6-8-29)27-16-21-14-23-24(17-28-21)33-12-11-32-23;/h1-4,13-14,17,20,27H,5-12,16H2;1H. The molecule has 2 aliphatic heterocycles. The van der Waals surface area contributed by atoms with Gasteiger partial charge in [0.15, 0.2) is 11.5 Å². The molecule has 0 atom stereocenters. The fourth-order valence-electron chi connectivity index (χ4n) is 4.53. The highest BCUT2D eigenvalue weighted by Gasteiger charge is 2.20. The van der Waals surface area contributed by atoms with Crippen LogP contribution in [0.3, 0.4) is 0 Å². The van der Waals surface area contributed by atoms with Gasteiger partial charge in [-0.1, -0.05) is 6.07 Å². The molecule has 1 saturated heterocycles. The van der Waals surface area contributed by atoms with Gasteiger partial charge >= 0.3 is 0 Å². The maximum absolute atomic E-state index is 12.5. The van der Waals surface area contributed by atoms with Crippen molar-refractivity contribution in [3.8, 4) is 17.6 Å². The number of halogens is 1. The van der Waals surface area contributed by atoms with Crippen molar-refractivity contribution in [2.45, 2.75) is 32.0 Å². The first-order valence-corrected chi connectivity index (χ1v) is 11.4. The molecule has 0 amide bonds. The highest BCUT2D eigenvalue weighted by molar-refractivity contribution is 5.85. The molecule has 4 heterocycles. The molecule has 0 bridgehead atoms. The summed E-state index contributed by atoms with van der Waals surface area (Å²) in [5, 5.41) is 13.8. The molecule has 1 N–H and O–H groups in total. The maximum Gasteiger partial charge on any atom is 0.251 e. The van der Waals surface area contributed by atoms with Crippen LogP contribution in [0.5, 0.6) is 11.5 Å². The molecule has 178 valence electrons. The summed E-state index contributed by atoms with van der Waals surface area (Å²) in [5.74, 6) is 1.49. The lowest BCUT2D eigenvalue weighted by Crippen LogP contribution is -2.43. The van der Waals surface area contributed by atoms with Gasteiger partial charge in [-0.2, -0.15) is 5.26 Å². The Morgan fingerprint density at radius 1 is 1.06 bits per heavy atom. The molecule has 3 aromatic rings. The molecule has 34 heavy (non-hydrogen) atoms. The number of hydrogen-bond donors (Lipinski definition) is 1. The van der Waals surface area contributed by atoms with Gasteiger partial charge < -0.3 is 24.3 Å². The van der Waals surface area contributed by atoms with Crippen LogP contribution >= 0.6 is 12.4 Å². The van der Waals surface area contributed by atoms with Gasteiger partial charge in [0.05, 0.1) is 29.0 Å². The van der Waals surface area contributed by atoms with Gasteiger partial charge in [-0.05, 0) is 49.5 Å². The van der Waals surface area contributed by atoms with Crippen molar-refractivity contribution in [1.82, 2.24) is 19.8 Å². The molecule has 8 nitrogen and oxygen atoms in total. The van der Waals surface area contributed by atoms with Crippen molar-refractivity contribution in [3.05, 3.63) is 64.2 Å². The van der Waals surface area contributed by atoms with E-state index in [0.717, 1.165) is 54.8 Å². The molecule has 2 aliphatic rings. The van der Waals surface area contributed by atoms with Crippen molar-refractivity contribution in [2.24, 2.45) is 0 Å². The molecule has 0 radical (unpaired) electrons. The summed E-state index contributed by atoms with van der Waals surface area (Å²) in [7, 11) is 0. The molecule has 0 aliphatic carbocycles. The van der Waals surface area contributed by atoms with Crippen molar-refractivity contribution < 1.29 is 9.47 Å². The summed E-state index contributed by atoms with van der Waals surface area (Å²) in [4.78, 5) is 19.4. The second-order valence-corrected chi connectivity index (χ2v) is 8.52. The summed E-state index contributed by atoms with van der Waals surface area (Å²) in [6.45, 7) is 5.24. The summed E-state index contributed by atoms with van der Waals surface area (Å²) in [6.07, 6.45) is 3.84. The molecular formula is C25H28ClN5O3. The van der Waals surface area contributed by atoms with Crippen molar-refractivity contribution in [1.29, 1.82) is 5.26 Å². The average molecular weight is 482 g/mol. The quantitative estimate of drug-likeness (QED) is 0.578. The number of rotatable bonds is 6. The first-order valence-electron chi connectivity index (χ1n) is 11.4. The second kappa shape index (κ2) is 10.9. The van der Waals surface area contributed by atoms with Crippen LogP contribution < -0.4 is 20.3 Å². The number of pyridine rings is 2. The van der Waals surface area contributed by atoms with Crippen LogP contribution in [0.15, 0.2) is 47.4 Å². The molecular weight excluding hydrogens is 454 g/mol. The van der Waals surface area contributed by atoms with Gasteiger partial charge in [-0.15, -0.1) is 12.4 Å². The lowest BCUT2D eigenvalue weighted by molar-refractivity contribution is 0.170. The first-order chi connectivity index (χ1) is 16.2. The van der Waals surface area contributed by atoms with Crippen LogP contribution in [-0.2, 0) is 13.1 Å². The Morgan fingerprint density at radius 3 is 2.62 bits per heavy atom. The van der Waals surface area contributed by atoms with E-state index in [9.17, 15) is 10.1 Å². The highest BCUT2D eigenvalue weighted by Crippen LogP contribution is 2.29. The topological polar surface area (TPSA) is 92.4 Å². The Balaban J connectivity index is 0.00000274. The predicted octanol–water partition coefficient (Wildman–Crippen LogP) is 2.72. The lowest BCUT2D eigenvalue weighted by atomic mass is 10.0. The van der Waals surface area contributed by atoms with Gasteiger partial charge in [0, 0.05) is 37.8 Å². The molecule has 0 spiro atoms. The van der Waals surface area contributed by atoms with Crippen LogP contribution in [0.4, 0.5) is 0 Å². The number of aromatic nitrogens is 2. The molecule has 1 aromatic carbocycles. The largest absolute Gasteiger partial charge is 0.486 e. The Labute approximate surface area is 204 Å². The fourth-order valence-corrected chi connectivity index (χ4v) is 4.53. The summed E-state index contributed by atoms with van der Waals surface area (Å²) >= 11 is 0. The molecule has 2 aromatic heterocycles. The van der Waals surface area contributed by atoms with Gasteiger partial charge in [0.2, 0.25) is 0 Å². The van der Waals surface area contributed by atoms with E-state index in [0.29, 0.717) is 43.7 Å². The van der Waals surface area contributed by atoms with Crippen LogP contribution in [0.1, 0.15) is 24.1 Å². The SMILES string of the molecule is Cl.N#Cc1ccc2ccc(=O)n(CCN3CCC(NCc4cc5c(cn4)OCCO5)CC3)c2c1. The zero-order chi connectivity index (χ0) is 22.6. The minimum Gasteiger partial charge on any atom is -0.486 e. The van der Waals surface area contributed by atoms with E-state index in [4.69, 9.17) is 9.47 Å². The normalized spacial score (nSPS) is 16.1. The number of ether oxygens (including phenoxy) is 2. The maximum atomic E-state index is 12.5. The van der Waals surface area contributed by atoms with Gasteiger partial charge in [-0.3, -0.25) is 9.78 Å². The van der Waals surface area contributed by atoms with E-state index in [1.54, 1.807) is 29.0 Å². The number of nitrogens with zero attached hydrogens (tertiary/aromatic N) is 4. The number of fused-ring (bicyclic) bond motifs is 2. The number of nitrogens with one attached hydrogen (secondary N) is 1. The van der Waals surface area contributed by atoms with Crippen molar-refractivity contribution >= 4 is 23.3 Å². The summed E-state index contributed by atoms with van der Waals surface area (Å²) in [6, 6.07) is 13.5. The molecule has 0 unspecified atom stereocenters. The van der Waals surface area contributed by atoms with E-state index in [-0.39, 0.29) is 18.0 Å². The van der Waals surface area contributed by atoms with Crippen molar-refractivity contribution in [3.63, 3.8) is 0 Å². The number of nitriles is 1. The fraction of sp³-hybridized carbons (Fsp3) is 0.400. The van der Waals surface area contributed by atoms with E-state index < -0.39 is 0 Å². The smallest absolute Gasteiger partial charge is 0.251 e. The zero-order valence-electron chi connectivity index (χ0n) is 18.9. The minimum absolute atomic E-state index is 0. The number of benzene rings is 1. The third-order valence-corrected chi connectivity index (χ3v) is 6.41. The zero-order valence-corrected chi connectivity index (χ0v) is 19.7. The Morgan fingerprint density at radius 2 is 1.82 bits per heavy atom. The summed E-state index contributed by atoms with van der Waals surface area (Å²) < 4.78 is 13.0. The number of piperidine rings is 1. The Hall–Kier alpha value is -3.12. The van der Waals surface area contributed by atoms with Crippen LogP contribution in [0.25, 0.3) is 10.9 Å². The van der Waals surface area contributed by atoms with E-state index in [1.165, 1.54) is 0 Å². The second-order valence-electron chi connectivity index (χ2n) is 8.52. The molecule has 5 rings (SSSR count). The Bertz CT molecular complexity index is 1250. The minimum atomic E-state index is -0.0268. The van der Waals surface area contributed by atoms with Crippen LogP contribution in [-0.4, -0.2) is 53.3 Å². The number of hydrogen-bond acceptors (Lipinski definition) is 7. The monoisotopic (exact) mass is 481 g/mol. The number of likely N-dealkylation sites (tertiary alicyclic amines) is 1. The highest BCUT2D eigenvalue weighted by atomic mass is 35.5. The van der Waals surface area contributed by atoms with E-state index in [2.05, 4.69) is 21.3 Å².